The number of benzene rings is 2. The van der Waals surface area contributed by atoms with Crippen LogP contribution in [0.25, 0.3) is 0 Å². The molecular formula is C31H41F3O. The molecule has 0 N–H and O–H groups in total. The quantitative estimate of drug-likeness (QED) is 0.343. The Bertz CT molecular complexity index is 956. The van der Waals surface area contributed by atoms with E-state index < -0.39 is 11.6 Å². The van der Waals surface area contributed by atoms with E-state index in [1.54, 1.807) is 18.2 Å². The van der Waals surface area contributed by atoms with Gasteiger partial charge >= 0.3 is 0 Å². The normalized spacial score (nSPS) is 24.9. The summed E-state index contributed by atoms with van der Waals surface area (Å²) in [6, 6.07) is 9.12. The van der Waals surface area contributed by atoms with Crippen molar-refractivity contribution in [3.05, 3.63) is 64.5 Å². The van der Waals surface area contributed by atoms with E-state index in [1.165, 1.54) is 6.42 Å². The van der Waals surface area contributed by atoms with Crippen LogP contribution in [0.15, 0.2) is 30.3 Å². The van der Waals surface area contributed by atoms with E-state index in [0.717, 1.165) is 87.7 Å². The number of unbranched alkanes of at least 4 members (excludes halogenated alkanes) is 1. The molecule has 35 heavy (non-hydrogen) atoms. The second-order valence-corrected chi connectivity index (χ2v) is 10.9. The zero-order valence-electron chi connectivity index (χ0n) is 21.4. The van der Waals surface area contributed by atoms with Gasteiger partial charge in [0.05, 0.1) is 6.61 Å². The molecule has 192 valence electrons. The van der Waals surface area contributed by atoms with Crippen LogP contribution in [0.5, 0.6) is 5.75 Å². The van der Waals surface area contributed by atoms with Crippen molar-refractivity contribution < 1.29 is 17.9 Å². The summed E-state index contributed by atoms with van der Waals surface area (Å²) in [7, 11) is 0. The van der Waals surface area contributed by atoms with E-state index in [-0.39, 0.29) is 17.5 Å². The van der Waals surface area contributed by atoms with E-state index in [1.807, 2.05) is 6.07 Å². The van der Waals surface area contributed by atoms with Crippen molar-refractivity contribution in [2.75, 3.05) is 6.61 Å². The van der Waals surface area contributed by atoms with Crippen LogP contribution in [0.1, 0.15) is 113 Å². The topological polar surface area (TPSA) is 9.23 Å². The van der Waals surface area contributed by atoms with Gasteiger partial charge in [0, 0.05) is 0 Å². The molecule has 2 aromatic rings. The predicted octanol–water partition coefficient (Wildman–Crippen LogP) is 9.48. The van der Waals surface area contributed by atoms with Crippen molar-refractivity contribution in [3.8, 4) is 5.75 Å². The highest BCUT2D eigenvalue weighted by molar-refractivity contribution is 5.33. The lowest BCUT2D eigenvalue weighted by Gasteiger charge is -2.29. The Morgan fingerprint density at radius 2 is 1.46 bits per heavy atom. The van der Waals surface area contributed by atoms with Crippen molar-refractivity contribution in [2.24, 2.45) is 11.8 Å². The molecule has 4 heteroatoms. The van der Waals surface area contributed by atoms with Gasteiger partial charge < -0.3 is 4.74 Å². The first kappa shape index (κ1) is 26.1. The summed E-state index contributed by atoms with van der Waals surface area (Å²) in [5.74, 6) is -0.115. The molecule has 0 bridgehead atoms. The Labute approximate surface area is 209 Å². The Hall–Kier alpha value is -1.97. The van der Waals surface area contributed by atoms with Crippen molar-refractivity contribution >= 4 is 0 Å². The lowest BCUT2D eigenvalue weighted by molar-refractivity contribution is 0.192. The number of aryl methyl sites for hydroxylation is 1. The van der Waals surface area contributed by atoms with Crippen molar-refractivity contribution in [1.29, 1.82) is 0 Å². The number of hydrogen-bond acceptors (Lipinski definition) is 1. The number of ether oxygens (including phenoxy) is 1. The minimum Gasteiger partial charge on any atom is -0.490 e. The van der Waals surface area contributed by atoms with E-state index in [9.17, 15) is 13.2 Å². The number of hydrogen-bond donors (Lipinski definition) is 0. The van der Waals surface area contributed by atoms with Gasteiger partial charge in [-0.3, -0.25) is 0 Å². The van der Waals surface area contributed by atoms with Crippen LogP contribution >= 0.6 is 0 Å². The summed E-state index contributed by atoms with van der Waals surface area (Å²) in [5, 5.41) is 0. The minimum absolute atomic E-state index is 0.0281. The summed E-state index contributed by atoms with van der Waals surface area (Å²) in [4.78, 5) is 0. The van der Waals surface area contributed by atoms with Gasteiger partial charge in [0.25, 0.3) is 0 Å². The van der Waals surface area contributed by atoms with Crippen LogP contribution in [0.2, 0.25) is 0 Å². The first-order chi connectivity index (χ1) is 17.0. The van der Waals surface area contributed by atoms with Gasteiger partial charge in [0.1, 0.15) is 5.82 Å². The van der Waals surface area contributed by atoms with Gasteiger partial charge in [-0.25, -0.2) is 8.78 Å². The van der Waals surface area contributed by atoms with Gasteiger partial charge in [-0.15, -0.1) is 0 Å². The Morgan fingerprint density at radius 1 is 0.771 bits per heavy atom. The molecule has 0 aromatic heterocycles. The van der Waals surface area contributed by atoms with Gasteiger partial charge in [0.15, 0.2) is 11.6 Å². The summed E-state index contributed by atoms with van der Waals surface area (Å²) in [6.07, 6.45) is 11.9. The van der Waals surface area contributed by atoms with Crippen LogP contribution in [-0.2, 0) is 6.42 Å². The molecule has 0 amide bonds. The van der Waals surface area contributed by atoms with Gasteiger partial charge in [0.2, 0.25) is 5.82 Å². The summed E-state index contributed by atoms with van der Waals surface area (Å²) < 4.78 is 49.9. The molecule has 0 atom stereocenters. The molecule has 2 aliphatic rings. The fourth-order valence-electron chi connectivity index (χ4n) is 6.11. The maximum Gasteiger partial charge on any atom is 0.200 e. The molecule has 0 saturated heterocycles. The molecule has 1 nitrogen and oxygen atoms in total. The highest BCUT2D eigenvalue weighted by Crippen LogP contribution is 2.40. The fraction of sp³-hybridized carbons (Fsp3) is 0.613. The van der Waals surface area contributed by atoms with Gasteiger partial charge in [-0.2, -0.15) is 4.39 Å². The summed E-state index contributed by atoms with van der Waals surface area (Å²) in [5.41, 5.74) is 2.41. The van der Waals surface area contributed by atoms with Gasteiger partial charge in [-0.1, -0.05) is 44.9 Å². The standard InChI is InChI=1S/C31H41F3O/c1-3-5-6-25-15-16-26(19-28(25)32)23-11-9-22(10-12-23)20-35-29-18-17-27(30(33)31(29)34)24-13-7-21(4-2)8-14-24/h15-19,21-24H,3-14,20H2,1-2H3. The highest BCUT2D eigenvalue weighted by atomic mass is 19.2. The molecule has 0 spiro atoms. The van der Waals surface area contributed by atoms with Crippen molar-refractivity contribution in [3.63, 3.8) is 0 Å². The molecule has 0 unspecified atom stereocenters. The lowest BCUT2D eigenvalue weighted by atomic mass is 9.77. The third-order valence-corrected chi connectivity index (χ3v) is 8.61. The highest BCUT2D eigenvalue weighted by Gasteiger charge is 2.27. The zero-order valence-corrected chi connectivity index (χ0v) is 21.4. The molecular weight excluding hydrogens is 445 g/mol. The molecule has 0 aliphatic heterocycles. The van der Waals surface area contributed by atoms with Crippen LogP contribution in [0.3, 0.4) is 0 Å². The Balaban J connectivity index is 1.28. The maximum absolute atomic E-state index is 14.9. The maximum atomic E-state index is 14.9. The van der Waals surface area contributed by atoms with E-state index in [2.05, 4.69) is 19.9 Å². The van der Waals surface area contributed by atoms with Crippen LogP contribution < -0.4 is 4.74 Å². The molecule has 2 aromatic carbocycles. The van der Waals surface area contributed by atoms with E-state index >= 15 is 0 Å². The first-order valence-electron chi connectivity index (χ1n) is 13.9. The molecule has 0 heterocycles. The van der Waals surface area contributed by atoms with Crippen LogP contribution in [0, 0.1) is 29.3 Å². The molecule has 2 saturated carbocycles. The Kier molecular flexibility index (Phi) is 9.19. The molecule has 4 rings (SSSR count). The smallest absolute Gasteiger partial charge is 0.200 e. The average molecular weight is 487 g/mol. The molecule has 2 fully saturated rings. The van der Waals surface area contributed by atoms with E-state index in [0.29, 0.717) is 24.0 Å². The molecule has 0 radical (unpaired) electrons. The minimum atomic E-state index is -0.840. The number of rotatable bonds is 9. The van der Waals surface area contributed by atoms with Gasteiger partial charge in [-0.05, 0) is 117 Å². The summed E-state index contributed by atoms with van der Waals surface area (Å²) in [6.45, 7) is 4.72. The predicted molar refractivity (Wildman–Crippen MR) is 137 cm³/mol. The number of halogens is 3. The second-order valence-electron chi connectivity index (χ2n) is 10.9. The van der Waals surface area contributed by atoms with Crippen molar-refractivity contribution in [1.82, 2.24) is 0 Å². The SMILES string of the molecule is CCCCc1ccc(C2CCC(COc3ccc(C4CCC(CC)CC4)c(F)c3F)CC2)cc1F. The monoisotopic (exact) mass is 486 g/mol. The fourth-order valence-corrected chi connectivity index (χ4v) is 6.11. The largest absolute Gasteiger partial charge is 0.490 e. The molecule has 2 aliphatic carbocycles. The third kappa shape index (κ3) is 6.43. The van der Waals surface area contributed by atoms with Crippen LogP contribution in [-0.4, -0.2) is 6.61 Å². The van der Waals surface area contributed by atoms with Crippen LogP contribution in [0.4, 0.5) is 13.2 Å². The average Bonchev–Trinajstić information content (AvgIpc) is 2.89. The third-order valence-electron chi connectivity index (χ3n) is 8.61. The second kappa shape index (κ2) is 12.3. The lowest BCUT2D eigenvalue weighted by Crippen LogP contribution is -2.20. The summed E-state index contributed by atoms with van der Waals surface area (Å²) >= 11 is 0. The first-order valence-corrected chi connectivity index (χ1v) is 13.9. The Morgan fingerprint density at radius 3 is 2.11 bits per heavy atom. The van der Waals surface area contributed by atoms with Crippen molar-refractivity contribution in [2.45, 2.75) is 103 Å². The zero-order chi connectivity index (χ0) is 24.8. The van der Waals surface area contributed by atoms with E-state index in [4.69, 9.17) is 4.74 Å².